The molecule has 0 aromatic heterocycles. The Bertz CT molecular complexity index is 432. The molecule has 1 aliphatic rings. The van der Waals surface area contributed by atoms with Gasteiger partial charge in [-0.05, 0) is 28.2 Å². The number of allylic oxidation sites excluding steroid dienone is 1. The zero-order valence-electron chi connectivity index (χ0n) is 11.3. The summed E-state index contributed by atoms with van der Waals surface area (Å²) >= 11 is 0. The van der Waals surface area contributed by atoms with Crippen molar-refractivity contribution in [1.29, 1.82) is 0 Å². The smallest absolute Gasteiger partial charge is 0.225 e. The summed E-state index contributed by atoms with van der Waals surface area (Å²) in [6, 6.07) is 8.55. The second kappa shape index (κ2) is 4.69. The number of rotatable bonds is 4. The minimum absolute atomic E-state index is 0.371. The molecule has 1 nitrogen and oxygen atoms in total. The van der Waals surface area contributed by atoms with E-state index >= 15 is 0 Å². The molecule has 0 saturated heterocycles. The van der Waals surface area contributed by atoms with Crippen LogP contribution in [0.15, 0.2) is 30.0 Å². The zero-order chi connectivity index (χ0) is 12.5. The standard InChI is InChI=1S/C15H22OSi/c1-11(2)15(3,4)17-16-14-9-12-7-5-6-8-13(12)10-14/h5-9,11H,10,17H2,1-4H3. The maximum absolute atomic E-state index is 6.11. The predicted octanol–water partition coefficient (Wildman–Crippen LogP) is 3.54. The molecule has 0 spiro atoms. The monoisotopic (exact) mass is 246 g/mol. The molecule has 0 atom stereocenters. The van der Waals surface area contributed by atoms with Gasteiger partial charge in [0.1, 0.15) is 0 Å². The summed E-state index contributed by atoms with van der Waals surface area (Å²) in [5.41, 5.74) is 2.73. The van der Waals surface area contributed by atoms with Crippen molar-refractivity contribution in [3.8, 4) is 0 Å². The van der Waals surface area contributed by atoms with Crippen molar-refractivity contribution in [2.75, 3.05) is 0 Å². The van der Waals surface area contributed by atoms with Gasteiger partial charge < -0.3 is 4.43 Å². The largest absolute Gasteiger partial charge is 0.551 e. The average Bonchev–Trinajstić information content (AvgIpc) is 2.69. The van der Waals surface area contributed by atoms with E-state index in [0.717, 1.165) is 6.42 Å². The Morgan fingerprint density at radius 1 is 1.24 bits per heavy atom. The SMILES string of the molecule is CC(C)C(C)(C)[SiH2]OC1=Cc2ccccc2C1. The lowest BCUT2D eigenvalue weighted by Gasteiger charge is -2.28. The Labute approximate surface area is 107 Å². The molecule has 0 unspecified atom stereocenters. The third-order valence-corrected chi connectivity index (χ3v) is 6.00. The molecule has 0 N–H and O–H groups in total. The van der Waals surface area contributed by atoms with E-state index in [2.05, 4.69) is 58.0 Å². The Morgan fingerprint density at radius 3 is 2.59 bits per heavy atom. The van der Waals surface area contributed by atoms with Crippen LogP contribution in [0.3, 0.4) is 0 Å². The van der Waals surface area contributed by atoms with Gasteiger partial charge in [-0.3, -0.25) is 0 Å². The molecular weight excluding hydrogens is 224 g/mol. The molecule has 1 aromatic rings. The van der Waals surface area contributed by atoms with Crippen molar-refractivity contribution < 1.29 is 4.43 Å². The van der Waals surface area contributed by atoms with Crippen molar-refractivity contribution in [2.24, 2.45) is 5.92 Å². The van der Waals surface area contributed by atoms with E-state index in [1.54, 1.807) is 0 Å². The zero-order valence-corrected chi connectivity index (χ0v) is 12.7. The van der Waals surface area contributed by atoms with Crippen molar-refractivity contribution in [1.82, 2.24) is 0 Å². The van der Waals surface area contributed by atoms with Gasteiger partial charge in [-0.2, -0.15) is 0 Å². The number of hydrogen-bond acceptors (Lipinski definition) is 1. The van der Waals surface area contributed by atoms with E-state index in [4.69, 9.17) is 4.43 Å². The van der Waals surface area contributed by atoms with Crippen LogP contribution in [0.25, 0.3) is 6.08 Å². The summed E-state index contributed by atoms with van der Waals surface area (Å²) < 4.78 is 6.11. The van der Waals surface area contributed by atoms with Gasteiger partial charge in [0.25, 0.3) is 0 Å². The van der Waals surface area contributed by atoms with Crippen LogP contribution in [0.4, 0.5) is 0 Å². The average molecular weight is 246 g/mol. The number of fused-ring (bicyclic) bond motifs is 1. The first-order chi connectivity index (χ1) is 7.99. The first-order valence-electron chi connectivity index (χ1n) is 6.40. The summed E-state index contributed by atoms with van der Waals surface area (Å²) in [7, 11) is -0.521. The minimum Gasteiger partial charge on any atom is -0.551 e. The molecule has 0 heterocycles. The van der Waals surface area contributed by atoms with Gasteiger partial charge in [-0.1, -0.05) is 52.0 Å². The Balaban J connectivity index is 1.96. The molecule has 92 valence electrons. The first-order valence-corrected chi connectivity index (χ1v) is 7.69. The Morgan fingerprint density at radius 2 is 1.94 bits per heavy atom. The van der Waals surface area contributed by atoms with Crippen molar-refractivity contribution in [3.05, 3.63) is 41.2 Å². The third kappa shape index (κ3) is 2.81. The molecule has 1 aliphatic carbocycles. The van der Waals surface area contributed by atoms with E-state index in [9.17, 15) is 0 Å². The van der Waals surface area contributed by atoms with Crippen LogP contribution in [0, 0.1) is 5.92 Å². The van der Waals surface area contributed by atoms with Crippen molar-refractivity contribution in [3.63, 3.8) is 0 Å². The molecule has 0 bridgehead atoms. The predicted molar refractivity (Wildman–Crippen MR) is 76.6 cm³/mol. The highest BCUT2D eigenvalue weighted by atomic mass is 28.2. The summed E-state index contributed by atoms with van der Waals surface area (Å²) in [6.07, 6.45) is 3.19. The lowest BCUT2D eigenvalue weighted by Crippen LogP contribution is -2.21. The molecular formula is C15H22OSi. The summed E-state index contributed by atoms with van der Waals surface area (Å²) in [5.74, 6) is 1.87. The Kier molecular flexibility index (Phi) is 3.43. The molecule has 0 aliphatic heterocycles. The van der Waals surface area contributed by atoms with Crippen LogP contribution in [0.5, 0.6) is 0 Å². The molecule has 0 fully saturated rings. The summed E-state index contributed by atoms with van der Waals surface area (Å²) in [6.45, 7) is 9.22. The van der Waals surface area contributed by atoms with Crippen LogP contribution < -0.4 is 0 Å². The summed E-state index contributed by atoms with van der Waals surface area (Å²) in [5, 5.41) is 0.371. The maximum Gasteiger partial charge on any atom is 0.225 e. The van der Waals surface area contributed by atoms with E-state index in [-0.39, 0.29) is 0 Å². The van der Waals surface area contributed by atoms with Crippen LogP contribution >= 0.6 is 0 Å². The van der Waals surface area contributed by atoms with E-state index < -0.39 is 9.76 Å². The van der Waals surface area contributed by atoms with Gasteiger partial charge in [0.2, 0.25) is 9.76 Å². The van der Waals surface area contributed by atoms with Gasteiger partial charge in [-0.15, -0.1) is 0 Å². The van der Waals surface area contributed by atoms with Gasteiger partial charge in [-0.25, -0.2) is 0 Å². The number of hydrogen-bond donors (Lipinski definition) is 0. The lowest BCUT2D eigenvalue weighted by atomic mass is 9.99. The topological polar surface area (TPSA) is 9.23 Å². The molecule has 0 saturated carbocycles. The van der Waals surface area contributed by atoms with Crippen LogP contribution in [-0.2, 0) is 10.8 Å². The highest BCUT2D eigenvalue weighted by Crippen LogP contribution is 2.34. The van der Waals surface area contributed by atoms with Gasteiger partial charge in [0.05, 0.1) is 5.76 Å². The quantitative estimate of drug-likeness (QED) is 0.738. The van der Waals surface area contributed by atoms with Gasteiger partial charge >= 0.3 is 0 Å². The highest BCUT2D eigenvalue weighted by molar-refractivity contribution is 6.32. The molecule has 2 heteroatoms. The van der Waals surface area contributed by atoms with Gasteiger partial charge in [0.15, 0.2) is 0 Å². The maximum atomic E-state index is 6.11. The minimum atomic E-state index is -0.521. The fraction of sp³-hybridized carbons (Fsp3) is 0.467. The molecule has 2 rings (SSSR count). The molecule has 17 heavy (non-hydrogen) atoms. The second-order valence-electron chi connectivity index (χ2n) is 5.92. The first kappa shape index (κ1) is 12.4. The third-order valence-electron chi connectivity index (χ3n) is 3.93. The normalized spacial score (nSPS) is 15.5. The lowest BCUT2D eigenvalue weighted by molar-refractivity contribution is 0.375. The fourth-order valence-electron chi connectivity index (χ4n) is 1.79. The summed E-state index contributed by atoms with van der Waals surface area (Å²) in [4.78, 5) is 0. The van der Waals surface area contributed by atoms with E-state index in [1.165, 1.54) is 16.9 Å². The van der Waals surface area contributed by atoms with Gasteiger partial charge in [0, 0.05) is 6.42 Å². The van der Waals surface area contributed by atoms with Crippen molar-refractivity contribution in [2.45, 2.75) is 39.2 Å². The second-order valence-corrected chi connectivity index (χ2v) is 8.32. The molecule has 0 amide bonds. The fourth-order valence-corrected chi connectivity index (χ4v) is 2.86. The number of benzene rings is 1. The van der Waals surface area contributed by atoms with E-state index in [0.29, 0.717) is 11.0 Å². The van der Waals surface area contributed by atoms with Crippen LogP contribution in [-0.4, -0.2) is 9.76 Å². The highest BCUT2D eigenvalue weighted by Gasteiger charge is 2.25. The van der Waals surface area contributed by atoms with Crippen LogP contribution in [0.2, 0.25) is 5.04 Å². The molecule has 1 aromatic carbocycles. The van der Waals surface area contributed by atoms with Crippen LogP contribution in [0.1, 0.15) is 38.8 Å². The molecule has 0 radical (unpaired) electrons. The van der Waals surface area contributed by atoms with Crippen molar-refractivity contribution >= 4 is 15.8 Å². The Hall–Kier alpha value is -1.02. The van der Waals surface area contributed by atoms with E-state index in [1.807, 2.05) is 0 Å².